The third-order valence-electron chi connectivity index (χ3n) is 3.12. The molecule has 4 rings (SSSR count). The first-order valence-corrected chi connectivity index (χ1v) is 6.16. The molecule has 0 aliphatic carbocycles. The molecular formula is C14H12N2O3. The standard InChI is InChI=1S/C14H12N2O3/c1-8-2-3-11(19-8)14-15-9-6-12-13(7-10(9)16-14)18-5-4-17-12/h2-3,6-7H,4-5H2,1H3,(H,15,16). The summed E-state index contributed by atoms with van der Waals surface area (Å²) >= 11 is 0. The molecule has 3 heterocycles. The minimum atomic E-state index is 0.577. The highest BCUT2D eigenvalue weighted by Crippen LogP contribution is 2.34. The summed E-state index contributed by atoms with van der Waals surface area (Å²) in [5, 5.41) is 0. The Kier molecular flexibility index (Phi) is 2.09. The first kappa shape index (κ1) is 10.5. The number of aryl methyl sites for hydroxylation is 1. The van der Waals surface area contributed by atoms with E-state index in [-0.39, 0.29) is 0 Å². The normalized spacial score (nSPS) is 13.9. The van der Waals surface area contributed by atoms with Crippen molar-refractivity contribution in [2.75, 3.05) is 13.2 Å². The van der Waals surface area contributed by atoms with E-state index in [0.717, 1.165) is 34.1 Å². The van der Waals surface area contributed by atoms with E-state index < -0.39 is 0 Å². The number of nitrogens with one attached hydrogen (secondary N) is 1. The maximum absolute atomic E-state index is 5.57. The predicted octanol–water partition coefficient (Wildman–Crippen LogP) is 2.90. The molecule has 0 unspecified atom stereocenters. The molecule has 1 aliphatic heterocycles. The third-order valence-corrected chi connectivity index (χ3v) is 3.12. The van der Waals surface area contributed by atoms with Crippen LogP contribution in [0.5, 0.6) is 11.5 Å². The Balaban J connectivity index is 1.87. The lowest BCUT2D eigenvalue weighted by atomic mass is 10.2. The number of benzene rings is 1. The number of hydrogen-bond donors (Lipinski definition) is 1. The van der Waals surface area contributed by atoms with E-state index in [1.807, 2.05) is 31.2 Å². The van der Waals surface area contributed by atoms with E-state index in [2.05, 4.69) is 9.97 Å². The van der Waals surface area contributed by atoms with Crippen LogP contribution in [0.4, 0.5) is 0 Å². The van der Waals surface area contributed by atoms with E-state index in [4.69, 9.17) is 13.9 Å². The van der Waals surface area contributed by atoms with Gasteiger partial charge in [-0.25, -0.2) is 4.98 Å². The Morgan fingerprint density at radius 1 is 1.11 bits per heavy atom. The van der Waals surface area contributed by atoms with Crippen molar-refractivity contribution in [3.63, 3.8) is 0 Å². The van der Waals surface area contributed by atoms with Gasteiger partial charge < -0.3 is 18.9 Å². The molecule has 0 amide bonds. The zero-order chi connectivity index (χ0) is 12.8. The summed E-state index contributed by atoms with van der Waals surface area (Å²) in [6.07, 6.45) is 0. The maximum atomic E-state index is 5.57. The minimum Gasteiger partial charge on any atom is -0.486 e. The van der Waals surface area contributed by atoms with Gasteiger partial charge in [0.25, 0.3) is 0 Å². The van der Waals surface area contributed by atoms with Gasteiger partial charge in [-0.15, -0.1) is 0 Å². The number of aromatic amines is 1. The van der Waals surface area contributed by atoms with Crippen molar-refractivity contribution in [2.45, 2.75) is 6.92 Å². The van der Waals surface area contributed by atoms with Crippen molar-refractivity contribution in [1.82, 2.24) is 9.97 Å². The van der Waals surface area contributed by atoms with Crippen molar-refractivity contribution in [1.29, 1.82) is 0 Å². The summed E-state index contributed by atoms with van der Waals surface area (Å²) < 4.78 is 16.7. The zero-order valence-electron chi connectivity index (χ0n) is 10.4. The molecule has 1 aromatic carbocycles. The average molecular weight is 256 g/mol. The second-order valence-electron chi connectivity index (χ2n) is 4.51. The molecule has 96 valence electrons. The highest BCUT2D eigenvalue weighted by molar-refractivity contribution is 5.82. The monoisotopic (exact) mass is 256 g/mol. The highest BCUT2D eigenvalue weighted by atomic mass is 16.6. The van der Waals surface area contributed by atoms with Crippen LogP contribution in [0, 0.1) is 6.92 Å². The fraction of sp³-hybridized carbons (Fsp3) is 0.214. The first-order chi connectivity index (χ1) is 9.29. The molecule has 3 aromatic rings. The van der Waals surface area contributed by atoms with Crippen LogP contribution in [0.3, 0.4) is 0 Å². The Hall–Kier alpha value is -2.43. The van der Waals surface area contributed by atoms with E-state index in [0.29, 0.717) is 19.0 Å². The lowest BCUT2D eigenvalue weighted by Gasteiger charge is -2.17. The van der Waals surface area contributed by atoms with Gasteiger partial charge in [0.2, 0.25) is 0 Å². The van der Waals surface area contributed by atoms with Gasteiger partial charge >= 0.3 is 0 Å². The fourth-order valence-corrected chi connectivity index (χ4v) is 2.23. The second-order valence-corrected chi connectivity index (χ2v) is 4.51. The Morgan fingerprint density at radius 3 is 2.63 bits per heavy atom. The summed E-state index contributed by atoms with van der Waals surface area (Å²) in [5.41, 5.74) is 1.75. The lowest BCUT2D eigenvalue weighted by molar-refractivity contribution is 0.172. The Labute approximate surface area is 109 Å². The molecule has 5 heteroatoms. The fourth-order valence-electron chi connectivity index (χ4n) is 2.23. The van der Waals surface area contributed by atoms with Gasteiger partial charge in [0, 0.05) is 12.1 Å². The van der Waals surface area contributed by atoms with Gasteiger partial charge in [-0.3, -0.25) is 0 Å². The summed E-state index contributed by atoms with van der Waals surface area (Å²) in [6.45, 7) is 3.07. The molecule has 2 aromatic heterocycles. The van der Waals surface area contributed by atoms with Crippen molar-refractivity contribution in [3.05, 3.63) is 30.0 Å². The molecule has 0 atom stereocenters. The van der Waals surface area contributed by atoms with Gasteiger partial charge in [-0.2, -0.15) is 0 Å². The van der Waals surface area contributed by atoms with E-state index in [9.17, 15) is 0 Å². The number of ether oxygens (including phenoxy) is 2. The number of rotatable bonds is 1. The second kappa shape index (κ2) is 3.78. The van der Waals surface area contributed by atoms with Gasteiger partial charge in [-0.1, -0.05) is 0 Å². The minimum absolute atomic E-state index is 0.577. The molecule has 0 saturated heterocycles. The number of furan rings is 1. The molecule has 5 nitrogen and oxygen atoms in total. The molecule has 0 bridgehead atoms. The van der Waals surface area contributed by atoms with Crippen LogP contribution >= 0.6 is 0 Å². The topological polar surface area (TPSA) is 60.3 Å². The van der Waals surface area contributed by atoms with E-state index in [1.54, 1.807) is 0 Å². The van der Waals surface area contributed by atoms with Crippen LogP contribution in [-0.2, 0) is 0 Å². The number of H-pyrrole nitrogens is 1. The van der Waals surface area contributed by atoms with Gasteiger partial charge in [-0.05, 0) is 19.1 Å². The molecular weight excluding hydrogens is 244 g/mol. The van der Waals surface area contributed by atoms with Crippen molar-refractivity contribution in [2.24, 2.45) is 0 Å². The molecule has 0 spiro atoms. The average Bonchev–Trinajstić information content (AvgIpc) is 3.01. The maximum Gasteiger partial charge on any atom is 0.174 e. The van der Waals surface area contributed by atoms with Crippen LogP contribution in [0.2, 0.25) is 0 Å². The van der Waals surface area contributed by atoms with Crippen molar-refractivity contribution < 1.29 is 13.9 Å². The van der Waals surface area contributed by atoms with Crippen molar-refractivity contribution in [3.8, 4) is 23.1 Å². The lowest BCUT2D eigenvalue weighted by Crippen LogP contribution is -2.15. The number of hydrogen-bond acceptors (Lipinski definition) is 4. The summed E-state index contributed by atoms with van der Waals surface area (Å²) in [7, 11) is 0. The Morgan fingerprint density at radius 2 is 1.89 bits per heavy atom. The Bertz CT molecular complexity index is 714. The van der Waals surface area contributed by atoms with Crippen LogP contribution < -0.4 is 9.47 Å². The van der Waals surface area contributed by atoms with E-state index >= 15 is 0 Å². The van der Waals surface area contributed by atoms with Crippen LogP contribution in [0.15, 0.2) is 28.7 Å². The smallest absolute Gasteiger partial charge is 0.174 e. The van der Waals surface area contributed by atoms with Crippen LogP contribution in [-0.4, -0.2) is 23.2 Å². The van der Waals surface area contributed by atoms with Crippen LogP contribution in [0.1, 0.15) is 5.76 Å². The predicted molar refractivity (Wildman–Crippen MR) is 69.5 cm³/mol. The number of fused-ring (bicyclic) bond motifs is 2. The molecule has 19 heavy (non-hydrogen) atoms. The largest absolute Gasteiger partial charge is 0.486 e. The molecule has 1 aliphatic rings. The van der Waals surface area contributed by atoms with Gasteiger partial charge in [0.1, 0.15) is 19.0 Å². The number of aromatic nitrogens is 2. The molecule has 0 radical (unpaired) electrons. The number of imidazole rings is 1. The highest BCUT2D eigenvalue weighted by Gasteiger charge is 2.16. The quantitative estimate of drug-likeness (QED) is 0.727. The number of nitrogens with zero attached hydrogens (tertiary/aromatic N) is 1. The van der Waals surface area contributed by atoms with Gasteiger partial charge in [0.15, 0.2) is 23.1 Å². The van der Waals surface area contributed by atoms with Gasteiger partial charge in [0.05, 0.1) is 11.0 Å². The molecule has 1 N–H and O–H groups in total. The van der Waals surface area contributed by atoms with E-state index in [1.165, 1.54) is 0 Å². The molecule has 0 saturated carbocycles. The summed E-state index contributed by atoms with van der Waals surface area (Å²) in [6, 6.07) is 7.62. The third kappa shape index (κ3) is 1.66. The first-order valence-electron chi connectivity index (χ1n) is 6.16. The summed E-state index contributed by atoms with van der Waals surface area (Å²) in [5.74, 6) is 3.80. The summed E-state index contributed by atoms with van der Waals surface area (Å²) in [4.78, 5) is 7.75. The molecule has 0 fully saturated rings. The SMILES string of the molecule is Cc1ccc(-c2nc3cc4c(cc3[nH]2)OCCO4)o1. The zero-order valence-corrected chi connectivity index (χ0v) is 10.4. The van der Waals surface area contributed by atoms with Crippen LogP contribution in [0.25, 0.3) is 22.6 Å². The van der Waals surface area contributed by atoms with Crippen molar-refractivity contribution >= 4 is 11.0 Å².